The molecule has 0 N–H and O–H groups in total. The standard InChI is InChI=1S/C19H15F2N3O3/c20-13-2-3-14(15(21)10-13)19(26)24-7-5-23(6-8-24)18(25)12-1-4-16-17(9-12)27-11-22-16/h1-4,9-11H,5-8H2. The van der Waals surface area contributed by atoms with Gasteiger partial charge in [-0.2, -0.15) is 0 Å². The van der Waals surface area contributed by atoms with Crippen molar-refractivity contribution in [2.24, 2.45) is 0 Å². The third-order valence-electron chi connectivity index (χ3n) is 4.59. The van der Waals surface area contributed by atoms with E-state index in [1.165, 1.54) is 11.3 Å². The number of hydrogen-bond donors (Lipinski definition) is 0. The summed E-state index contributed by atoms with van der Waals surface area (Å²) < 4.78 is 32.0. The van der Waals surface area contributed by atoms with E-state index < -0.39 is 17.5 Å². The number of carbonyl (C=O) groups excluding carboxylic acids is 2. The van der Waals surface area contributed by atoms with Crippen molar-refractivity contribution >= 4 is 22.9 Å². The van der Waals surface area contributed by atoms with E-state index in [0.29, 0.717) is 35.8 Å². The minimum absolute atomic E-state index is 0.173. The van der Waals surface area contributed by atoms with Crippen LogP contribution in [0.4, 0.5) is 8.78 Å². The van der Waals surface area contributed by atoms with Crippen LogP contribution in [0.5, 0.6) is 0 Å². The van der Waals surface area contributed by atoms with Crippen molar-refractivity contribution in [3.05, 3.63) is 65.6 Å². The summed E-state index contributed by atoms with van der Waals surface area (Å²) in [6.07, 6.45) is 1.32. The number of amides is 2. The third-order valence-corrected chi connectivity index (χ3v) is 4.59. The lowest BCUT2D eigenvalue weighted by atomic mass is 10.1. The van der Waals surface area contributed by atoms with Crippen molar-refractivity contribution in [1.29, 1.82) is 0 Å². The van der Waals surface area contributed by atoms with Crippen LogP contribution >= 0.6 is 0 Å². The number of hydrogen-bond acceptors (Lipinski definition) is 4. The Balaban J connectivity index is 1.43. The van der Waals surface area contributed by atoms with Crippen molar-refractivity contribution in [2.45, 2.75) is 0 Å². The highest BCUT2D eigenvalue weighted by Crippen LogP contribution is 2.18. The Labute approximate surface area is 153 Å². The van der Waals surface area contributed by atoms with Gasteiger partial charge in [-0.15, -0.1) is 0 Å². The molecule has 0 bridgehead atoms. The summed E-state index contributed by atoms with van der Waals surface area (Å²) in [5.74, 6) is -2.31. The Bertz CT molecular complexity index is 1030. The molecule has 6 nitrogen and oxygen atoms in total. The van der Waals surface area contributed by atoms with E-state index in [1.807, 2.05) is 0 Å². The second-order valence-corrected chi connectivity index (χ2v) is 6.24. The molecule has 1 aliphatic rings. The van der Waals surface area contributed by atoms with E-state index in [0.717, 1.165) is 12.1 Å². The fourth-order valence-corrected chi connectivity index (χ4v) is 3.12. The van der Waals surface area contributed by atoms with Gasteiger partial charge in [0.2, 0.25) is 0 Å². The third kappa shape index (κ3) is 3.25. The predicted octanol–water partition coefficient (Wildman–Crippen LogP) is 2.70. The Hall–Kier alpha value is -3.29. The molecule has 27 heavy (non-hydrogen) atoms. The molecule has 1 aromatic heterocycles. The number of carbonyl (C=O) groups is 2. The maximum atomic E-state index is 13.8. The molecule has 4 rings (SSSR count). The van der Waals surface area contributed by atoms with Crippen LogP contribution in [0, 0.1) is 11.6 Å². The van der Waals surface area contributed by atoms with Crippen LogP contribution in [0.15, 0.2) is 47.2 Å². The lowest BCUT2D eigenvalue weighted by Gasteiger charge is -2.34. The molecule has 1 fully saturated rings. The number of fused-ring (bicyclic) bond motifs is 1. The van der Waals surface area contributed by atoms with Gasteiger partial charge in [0.1, 0.15) is 17.2 Å². The monoisotopic (exact) mass is 371 g/mol. The summed E-state index contributed by atoms with van der Waals surface area (Å²) in [5, 5.41) is 0. The van der Waals surface area contributed by atoms with Crippen molar-refractivity contribution in [2.75, 3.05) is 26.2 Å². The van der Waals surface area contributed by atoms with Crippen LogP contribution in [0.25, 0.3) is 11.1 Å². The highest BCUT2D eigenvalue weighted by Gasteiger charge is 2.27. The minimum atomic E-state index is -0.890. The molecule has 2 amide bonds. The van der Waals surface area contributed by atoms with Gasteiger partial charge in [0.15, 0.2) is 12.0 Å². The molecule has 1 saturated heterocycles. The number of benzene rings is 2. The van der Waals surface area contributed by atoms with Crippen LogP contribution in [0.2, 0.25) is 0 Å². The first kappa shape index (κ1) is 17.1. The summed E-state index contributed by atoms with van der Waals surface area (Å²) in [4.78, 5) is 32.2. The molecule has 0 radical (unpaired) electrons. The van der Waals surface area contributed by atoms with Gasteiger partial charge in [0, 0.05) is 37.8 Å². The normalized spacial score (nSPS) is 14.6. The van der Waals surface area contributed by atoms with Crippen molar-refractivity contribution in [1.82, 2.24) is 14.8 Å². The van der Waals surface area contributed by atoms with Gasteiger partial charge in [-0.25, -0.2) is 13.8 Å². The number of aromatic nitrogens is 1. The number of piperazine rings is 1. The van der Waals surface area contributed by atoms with Crippen molar-refractivity contribution in [3.8, 4) is 0 Å². The molecule has 138 valence electrons. The molecule has 0 unspecified atom stereocenters. The first-order chi connectivity index (χ1) is 13.0. The van der Waals surface area contributed by atoms with Crippen LogP contribution < -0.4 is 0 Å². The van der Waals surface area contributed by atoms with Crippen molar-refractivity contribution < 1.29 is 22.8 Å². The maximum Gasteiger partial charge on any atom is 0.256 e. The molecule has 1 aliphatic heterocycles. The highest BCUT2D eigenvalue weighted by atomic mass is 19.1. The van der Waals surface area contributed by atoms with E-state index in [1.54, 1.807) is 23.1 Å². The summed E-state index contributed by atoms with van der Waals surface area (Å²) in [5.41, 5.74) is 1.50. The fraction of sp³-hybridized carbons (Fsp3) is 0.211. The topological polar surface area (TPSA) is 66.7 Å². The zero-order chi connectivity index (χ0) is 19.0. The smallest absolute Gasteiger partial charge is 0.256 e. The summed E-state index contributed by atoms with van der Waals surface area (Å²) in [6, 6.07) is 7.90. The molecular weight excluding hydrogens is 356 g/mol. The Morgan fingerprint density at radius 3 is 2.33 bits per heavy atom. The molecule has 0 aliphatic carbocycles. The molecule has 0 saturated carbocycles. The molecule has 2 heterocycles. The first-order valence-electron chi connectivity index (χ1n) is 8.40. The largest absolute Gasteiger partial charge is 0.443 e. The lowest BCUT2D eigenvalue weighted by molar-refractivity contribution is 0.0533. The minimum Gasteiger partial charge on any atom is -0.443 e. The number of oxazole rings is 1. The van der Waals surface area contributed by atoms with Gasteiger partial charge < -0.3 is 14.2 Å². The van der Waals surface area contributed by atoms with E-state index in [2.05, 4.69) is 4.98 Å². The number of halogens is 2. The van der Waals surface area contributed by atoms with E-state index in [9.17, 15) is 18.4 Å². The average molecular weight is 371 g/mol. The van der Waals surface area contributed by atoms with Gasteiger partial charge in [-0.3, -0.25) is 9.59 Å². The van der Waals surface area contributed by atoms with E-state index in [-0.39, 0.29) is 24.6 Å². The highest BCUT2D eigenvalue weighted by molar-refractivity contribution is 5.97. The van der Waals surface area contributed by atoms with Crippen LogP contribution in [0.1, 0.15) is 20.7 Å². The van der Waals surface area contributed by atoms with Crippen molar-refractivity contribution in [3.63, 3.8) is 0 Å². The zero-order valence-corrected chi connectivity index (χ0v) is 14.2. The zero-order valence-electron chi connectivity index (χ0n) is 14.2. The molecule has 2 aromatic carbocycles. The van der Waals surface area contributed by atoms with E-state index in [4.69, 9.17) is 4.42 Å². The van der Waals surface area contributed by atoms with Gasteiger partial charge in [0.25, 0.3) is 11.8 Å². The summed E-state index contributed by atoms with van der Waals surface area (Å²) >= 11 is 0. The van der Waals surface area contributed by atoms with Gasteiger partial charge in [-0.05, 0) is 30.3 Å². The van der Waals surface area contributed by atoms with Gasteiger partial charge in [-0.1, -0.05) is 0 Å². The average Bonchev–Trinajstić information content (AvgIpc) is 3.15. The SMILES string of the molecule is O=C(c1ccc2ncoc2c1)N1CCN(C(=O)c2ccc(F)cc2F)CC1. The summed E-state index contributed by atoms with van der Waals surface area (Å²) in [7, 11) is 0. The molecule has 8 heteroatoms. The molecular formula is C19H15F2N3O3. The maximum absolute atomic E-state index is 13.8. The van der Waals surface area contributed by atoms with Gasteiger partial charge in [0.05, 0.1) is 5.56 Å². The van der Waals surface area contributed by atoms with E-state index >= 15 is 0 Å². The fourth-order valence-electron chi connectivity index (χ4n) is 3.12. The van der Waals surface area contributed by atoms with Crippen LogP contribution in [-0.4, -0.2) is 52.8 Å². The summed E-state index contributed by atoms with van der Waals surface area (Å²) in [6.45, 7) is 1.18. The number of nitrogens with zero attached hydrogens (tertiary/aromatic N) is 3. The second-order valence-electron chi connectivity index (χ2n) is 6.24. The molecule has 0 atom stereocenters. The Kier molecular flexibility index (Phi) is 4.31. The van der Waals surface area contributed by atoms with Gasteiger partial charge >= 0.3 is 0 Å². The molecule has 0 spiro atoms. The molecule has 3 aromatic rings. The Morgan fingerprint density at radius 2 is 1.63 bits per heavy atom. The van der Waals surface area contributed by atoms with Crippen LogP contribution in [-0.2, 0) is 0 Å². The van der Waals surface area contributed by atoms with Crippen LogP contribution in [0.3, 0.4) is 0 Å². The Morgan fingerprint density at radius 1 is 0.926 bits per heavy atom. The first-order valence-corrected chi connectivity index (χ1v) is 8.40. The second kappa shape index (κ2) is 6.79. The quantitative estimate of drug-likeness (QED) is 0.695. The lowest BCUT2D eigenvalue weighted by Crippen LogP contribution is -2.50. The predicted molar refractivity (Wildman–Crippen MR) is 92.2 cm³/mol. The number of rotatable bonds is 2.